The minimum absolute atomic E-state index is 0.512. The third kappa shape index (κ3) is 1.85. The van der Waals surface area contributed by atoms with E-state index in [2.05, 4.69) is 27.3 Å². The van der Waals surface area contributed by atoms with Crippen molar-refractivity contribution in [2.75, 3.05) is 5.73 Å². The van der Waals surface area contributed by atoms with Gasteiger partial charge in [-0.3, -0.25) is 13.9 Å². The summed E-state index contributed by atoms with van der Waals surface area (Å²) in [5, 5.41) is 12.2. The lowest BCUT2D eigenvalue weighted by Gasteiger charge is -2.06. The van der Waals surface area contributed by atoms with E-state index < -0.39 is 0 Å². The van der Waals surface area contributed by atoms with Crippen LogP contribution in [0.5, 0.6) is 0 Å². The van der Waals surface area contributed by atoms with E-state index in [-0.39, 0.29) is 0 Å². The molecule has 0 unspecified atom stereocenters. The van der Waals surface area contributed by atoms with Gasteiger partial charge in [0.2, 0.25) is 5.95 Å². The molecule has 0 radical (unpaired) electrons. The molecule has 100 valence electrons. The second-order valence-electron chi connectivity index (χ2n) is 4.38. The molecule has 0 atom stereocenters. The summed E-state index contributed by atoms with van der Waals surface area (Å²) in [6.45, 7) is 3.45. The maximum absolute atomic E-state index is 6.00. The van der Waals surface area contributed by atoms with E-state index in [4.69, 9.17) is 5.73 Å². The highest BCUT2D eigenvalue weighted by Gasteiger charge is 2.16. The van der Waals surface area contributed by atoms with Crippen LogP contribution in [0.25, 0.3) is 11.2 Å². The van der Waals surface area contributed by atoms with Crippen LogP contribution in [0.1, 0.15) is 12.6 Å². The lowest BCUT2D eigenvalue weighted by Crippen LogP contribution is -2.12. The fourth-order valence-corrected chi connectivity index (χ4v) is 2.27. The van der Waals surface area contributed by atoms with Gasteiger partial charge in [0, 0.05) is 19.8 Å². The number of nitrogens with zero attached hydrogens (tertiary/aromatic N) is 7. The second kappa shape index (κ2) is 4.38. The normalized spacial score (nSPS) is 11.5. The topological polar surface area (TPSA) is 92.4 Å². The highest BCUT2D eigenvalue weighted by Crippen LogP contribution is 2.21. The van der Waals surface area contributed by atoms with Crippen molar-refractivity contribution in [1.29, 1.82) is 0 Å². The van der Waals surface area contributed by atoms with Crippen molar-refractivity contribution in [3.63, 3.8) is 0 Å². The first-order valence-electron chi connectivity index (χ1n) is 6.22. The molecule has 8 heteroatoms. The average Bonchev–Trinajstić information content (AvgIpc) is 3.06. The number of fused-ring (bicyclic) bond motifs is 1. The Kier molecular flexibility index (Phi) is 2.69. The number of aryl methyl sites for hydroxylation is 4. The van der Waals surface area contributed by atoms with Crippen LogP contribution in [0.15, 0.2) is 12.4 Å². The summed E-state index contributed by atoms with van der Waals surface area (Å²) < 4.78 is 5.56. The smallest absolute Gasteiger partial charge is 0.202 e. The van der Waals surface area contributed by atoms with E-state index in [9.17, 15) is 0 Å². The fourth-order valence-electron chi connectivity index (χ4n) is 2.27. The van der Waals surface area contributed by atoms with Gasteiger partial charge in [-0.25, -0.2) is 4.98 Å². The molecule has 0 fully saturated rings. The van der Waals surface area contributed by atoms with Crippen LogP contribution in [0, 0.1) is 0 Å². The molecule has 3 rings (SSSR count). The Hall–Kier alpha value is -2.38. The Labute approximate surface area is 109 Å². The summed E-state index contributed by atoms with van der Waals surface area (Å²) in [6.07, 6.45) is 4.33. The van der Waals surface area contributed by atoms with Crippen molar-refractivity contribution in [1.82, 2.24) is 34.3 Å². The summed E-state index contributed by atoms with van der Waals surface area (Å²) >= 11 is 0. The molecule has 8 nitrogen and oxygen atoms in total. The Morgan fingerprint density at radius 3 is 2.84 bits per heavy atom. The van der Waals surface area contributed by atoms with Crippen LogP contribution >= 0.6 is 0 Å². The molecule has 0 aromatic carbocycles. The summed E-state index contributed by atoms with van der Waals surface area (Å²) in [5.74, 6) is 0.512. The van der Waals surface area contributed by atoms with Gasteiger partial charge < -0.3 is 5.73 Å². The van der Waals surface area contributed by atoms with Crippen LogP contribution in [0.2, 0.25) is 0 Å². The van der Waals surface area contributed by atoms with Gasteiger partial charge in [-0.2, -0.15) is 5.10 Å². The lowest BCUT2D eigenvalue weighted by molar-refractivity contribution is 0.523. The summed E-state index contributed by atoms with van der Waals surface area (Å²) in [4.78, 5) is 4.42. The first kappa shape index (κ1) is 11.7. The molecule has 3 heterocycles. The molecule has 0 aliphatic carbocycles. The van der Waals surface area contributed by atoms with E-state index in [1.54, 1.807) is 10.9 Å². The Morgan fingerprint density at radius 2 is 2.16 bits per heavy atom. The quantitative estimate of drug-likeness (QED) is 0.723. The number of nitrogen functional groups attached to an aromatic ring is 1. The molecule has 0 aliphatic heterocycles. The maximum atomic E-state index is 6.00. The zero-order valence-electron chi connectivity index (χ0n) is 11.0. The van der Waals surface area contributed by atoms with Gasteiger partial charge in [-0.05, 0) is 6.42 Å². The van der Waals surface area contributed by atoms with E-state index in [0.29, 0.717) is 19.0 Å². The van der Waals surface area contributed by atoms with E-state index in [1.165, 1.54) is 0 Å². The van der Waals surface area contributed by atoms with Gasteiger partial charge in [0.25, 0.3) is 0 Å². The van der Waals surface area contributed by atoms with Crippen molar-refractivity contribution in [3.05, 3.63) is 18.1 Å². The second-order valence-corrected chi connectivity index (χ2v) is 4.38. The number of anilines is 1. The molecule has 2 N–H and O–H groups in total. The molecular weight excluding hydrogens is 244 g/mol. The summed E-state index contributed by atoms with van der Waals surface area (Å²) in [6, 6.07) is 0. The van der Waals surface area contributed by atoms with Crippen LogP contribution < -0.4 is 5.73 Å². The van der Waals surface area contributed by atoms with Crippen molar-refractivity contribution < 1.29 is 0 Å². The highest BCUT2D eigenvalue weighted by atomic mass is 15.4. The predicted molar refractivity (Wildman–Crippen MR) is 70.3 cm³/mol. The number of imidazole rings is 1. The first-order chi connectivity index (χ1) is 9.20. The standard InChI is InChI=1S/C11H16N8/c1-3-8-9-10(17(2)15-8)19(11(12)14-9)7-6-18-5-4-13-16-18/h4-5H,3,6-7H2,1-2H3,(H2,12,14). The largest absolute Gasteiger partial charge is 0.369 e. The monoisotopic (exact) mass is 260 g/mol. The van der Waals surface area contributed by atoms with Crippen molar-refractivity contribution in [3.8, 4) is 0 Å². The van der Waals surface area contributed by atoms with Gasteiger partial charge in [0.1, 0.15) is 5.52 Å². The number of hydrogen-bond acceptors (Lipinski definition) is 5. The van der Waals surface area contributed by atoms with E-state index in [0.717, 1.165) is 23.3 Å². The van der Waals surface area contributed by atoms with Crippen molar-refractivity contribution in [2.45, 2.75) is 26.4 Å². The van der Waals surface area contributed by atoms with Gasteiger partial charge in [-0.1, -0.05) is 12.1 Å². The van der Waals surface area contributed by atoms with Crippen LogP contribution in [-0.2, 0) is 26.6 Å². The molecule has 0 bridgehead atoms. The third-order valence-electron chi connectivity index (χ3n) is 3.18. The molecule has 3 aromatic rings. The predicted octanol–water partition coefficient (Wildman–Crippen LogP) is 0.206. The van der Waals surface area contributed by atoms with Gasteiger partial charge in [0.05, 0.1) is 18.4 Å². The minimum atomic E-state index is 0.512. The molecule has 3 aromatic heterocycles. The highest BCUT2D eigenvalue weighted by molar-refractivity contribution is 5.77. The van der Waals surface area contributed by atoms with Crippen LogP contribution in [0.4, 0.5) is 5.95 Å². The van der Waals surface area contributed by atoms with Gasteiger partial charge in [-0.15, -0.1) is 5.10 Å². The molecule has 0 amide bonds. The molecule has 0 spiro atoms. The lowest BCUT2D eigenvalue weighted by atomic mass is 10.3. The summed E-state index contributed by atoms with van der Waals surface area (Å²) in [5.41, 5.74) is 8.81. The van der Waals surface area contributed by atoms with E-state index >= 15 is 0 Å². The zero-order chi connectivity index (χ0) is 13.4. The van der Waals surface area contributed by atoms with E-state index in [1.807, 2.05) is 22.5 Å². The van der Waals surface area contributed by atoms with Crippen LogP contribution in [0.3, 0.4) is 0 Å². The molecular formula is C11H16N8. The minimum Gasteiger partial charge on any atom is -0.369 e. The summed E-state index contributed by atoms with van der Waals surface area (Å²) in [7, 11) is 1.91. The molecule has 0 aliphatic rings. The van der Waals surface area contributed by atoms with Crippen molar-refractivity contribution >= 4 is 17.1 Å². The Bertz CT molecular complexity index is 690. The third-order valence-corrected chi connectivity index (χ3v) is 3.18. The first-order valence-corrected chi connectivity index (χ1v) is 6.22. The van der Waals surface area contributed by atoms with Crippen LogP contribution in [-0.4, -0.2) is 34.3 Å². The van der Waals surface area contributed by atoms with Crippen molar-refractivity contribution in [2.24, 2.45) is 7.05 Å². The fraction of sp³-hybridized carbons (Fsp3) is 0.455. The Morgan fingerprint density at radius 1 is 1.32 bits per heavy atom. The molecule has 0 saturated heterocycles. The number of rotatable bonds is 4. The molecule has 0 saturated carbocycles. The molecule has 19 heavy (non-hydrogen) atoms. The number of aromatic nitrogens is 7. The van der Waals surface area contributed by atoms with Gasteiger partial charge >= 0.3 is 0 Å². The number of hydrogen-bond donors (Lipinski definition) is 1. The average molecular weight is 260 g/mol. The number of nitrogens with two attached hydrogens (primary N) is 1. The maximum Gasteiger partial charge on any atom is 0.202 e. The Balaban J connectivity index is 1.98. The van der Waals surface area contributed by atoms with Gasteiger partial charge in [0.15, 0.2) is 5.65 Å². The zero-order valence-corrected chi connectivity index (χ0v) is 11.0. The SMILES string of the molecule is CCc1nn(C)c2c1nc(N)n2CCn1ccnn1.